The molecule has 35 heavy (non-hydrogen) atoms. The number of anilines is 3. The maximum Gasteiger partial charge on any atom is 0.264 e. The van der Waals surface area contributed by atoms with Crippen molar-refractivity contribution in [3.05, 3.63) is 83.9 Å². The Balaban J connectivity index is 1.43. The number of sulfonamides is 1. The predicted octanol–water partition coefficient (Wildman–Crippen LogP) is 3.86. The number of benzene rings is 3. The first-order valence-electron chi connectivity index (χ1n) is 11.2. The average molecular weight is 488 g/mol. The standard InChI is InChI=1S/C26H25N5O3S/c1-18-8-14-21(15-9-18)35(33,34)30(3)20-12-10-19(11-13-20)26(32)31-17-16-29(2)24-25(31)28-23-7-5-4-6-22(23)27-24/h4-15H,16-17H2,1-3H3. The van der Waals surface area contributed by atoms with Gasteiger partial charge in [-0.2, -0.15) is 0 Å². The van der Waals surface area contributed by atoms with Crippen LogP contribution in [0.25, 0.3) is 11.0 Å². The van der Waals surface area contributed by atoms with E-state index in [0.29, 0.717) is 36.0 Å². The summed E-state index contributed by atoms with van der Waals surface area (Å²) in [6, 6.07) is 20.9. The van der Waals surface area contributed by atoms with E-state index in [4.69, 9.17) is 9.97 Å². The number of para-hydroxylation sites is 2. The number of fused-ring (bicyclic) bond motifs is 2. The van der Waals surface area contributed by atoms with Crippen molar-refractivity contribution in [3.8, 4) is 0 Å². The largest absolute Gasteiger partial charge is 0.355 e. The van der Waals surface area contributed by atoms with Gasteiger partial charge >= 0.3 is 0 Å². The first kappa shape index (κ1) is 22.8. The lowest BCUT2D eigenvalue weighted by Gasteiger charge is -2.33. The lowest BCUT2D eigenvalue weighted by Crippen LogP contribution is -2.43. The van der Waals surface area contributed by atoms with Crippen molar-refractivity contribution >= 4 is 44.3 Å². The molecule has 8 nitrogen and oxygen atoms in total. The minimum Gasteiger partial charge on any atom is -0.355 e. The number of aryl methyl sites for hydroxylation is 1. The van der Waals surface area contributed by atoms with Crippen LogP contribution in [0.2, 0.25) is 0 Å². The molecule has 0 N–H and O–H groups in total. The van der Waals surface area contributed by atoms with Crippen LogP contribution in [0.3, 0.4) is 0 Å². The summed E-state index contributed by atoms with van der Waals surface area (Å²) in [7, 11) is -0.278. The highest BCUT2D eigenvalue weighted by Crippen LogP contribution is 2.32. The Bertz CT molecular complexity index is 1520. The van der Waals surface area contributed by atoms with Gasteiger partial charge in [-0.1, -0.05) is 29.8 Å². The Morgan fingerprint density at radius 1 is 0.857 bits per heavy atom. The van der Waals surface area contributed by atoms with Gasteiger partial charge in [0.15, 0.2) is 11.6 Å². The summed E-state index contributed by atoms with van der Waals surface area (Å²) in [5.74, 6) is 0.967. The van der Waals surface area contributed by atoms with Gasteiger partial charge in [0.05, 0.1) is 21.6 Å². The molecule has 9 heteroatoms. The Labute approximate surface area is 204 Å². The van der Waals surface area contributed by atoms with Crippen molar-refractivity contribution in [2.24, 2.45) is 0 Å². The Kier molecular flexibility index (Phi) is 5.64. The van der Waals surface area contributed by atoms with E-state index >= 15 is 0 Å². The zero-order chi connectivity index (χ0) is 24.7. The number of hydrogen-bond acceptors (Lipinski definition) is 6. The summed E-state index contributed by atoms with van der Waals surface area (Å²) >= 11 is 0. The third-order valence-corrected chi connectivity index (χ3v) is 8.01. The van der Waals surface area contributed by atoms with Crippen molar-refractivity contribution in [2.45, 2.75) is 11.8 Å². The molecule has 0 atom stereocenters. The zero-order valence-corrected chi connectivity index (χ0v) is 20.5. The highest BCUT2D eigenvalue weighted by atomic mass is 32.2. The normalized spacial score (nSPS) is 13.6. The summed E-state index contributed by atoms with van der Waals surface area (Å²) in [5.41, 5.74) is 3.39. The fourth-order valence-electron chi connectivity index (χ4n) is 4.05. The summed E-state index contributed by atoms with van der Waals surface area (Å²) in [6.07, 6.45) is 0. The van der Waals surface area contributed by atoms with Crippen LogP contribution in [-0.2, 0) is 10.0 Å². The van der Waals surface area contributed by atoms with Gasteiger partial charge < -0.3 is 4.90 Å². The number of nitrogens with zero attached hydrogens (tertiary/aromatic N) is 5. The Hall–Kier alpha value is -3.98. The molecular weight excluding hydrogens is 462 g/mol. The molecule has 4 aromatic rings. The summed E-state index contributed by atoms with van der Waals surface area (Å²) in [6.45, 7) is 3.00. The molecule has 0 saturated heterocycles. The molecule has 0 bridgehead atoms. The number of amides is 1. The average Bonchev–Trinajstić information content (AvgIpc) is 2.87. The monoisotopic (exact) mass is 487 g/mol. The van der Waals surface area contributed by atoms with Gasteiger partial charge in [0.25, 0.3) is 15.9 Å². The smallest absolute Gasteiger partial charge is 0.264 e. The third-order valence-electron chi connectivity index (χ3n) is 6.21. The molecule has 1 aromatic heterocycles. The van der Waals surface area contributed by atoms with Gasteiger partial charge in [-0.05, 0) is 55.5 Å². The Morgan fingerprint density at radius 3 is 2.09 bits per heavy atom. The zero-order valence-electron chi connectivity index (χ0n) is 19.7. The van der Waals surface area contributed by atoms with Crippen LogP contribution >= 0.6 is 0 Å². The van der Waals surface area contributed by atoms with E-state index in [1.165, 1.54) is 11.4 Å². The minimum absolute atomic E-state index is 0.209. The first-order valence-corrected chi connectivity index (χ1v) is 12.7. The second kappa shape index (κ2) is 8.66. The van der Waals surface area contributed by atoms with Gasteiger partial charge in [-0.15, -0.1) is 0 Å². The van der Waals surface area contributed by atoms with Crippen LogP contribution in [0.4, 0.5) is 17.3 Å². The molecule has 178 valence electrons. The number of hydrogen-bond donors (Lipinski definition) is 0. The van der Waals surface area contributed by atoms with E-state index in [2.05, 4.69) is 0 Å². The molecule has 0 saturated carbocycles. The van der Waals surface area contributed by atoms with E-state index in [-0.39, 0.29) is 10.8 Å². The Morgan fingerprint density at radius 2 is 1.46 bits per heavy atom. The van der Waals surface area contributed by atoms with Gasteiger partial charge in [0, 0.05) is 32.7 Å². The van der Waals surface area contributed by atoms with Gasteiger partial charge in [0.2, 0.25) is 0 Å². The fraction of sp³-hybridized carbons (Fsp3) is 0.192. The molecule has 5 rings (SSSR count). The molecule has 1 amide bonds. The maximum absolute atomic E-state index is 13.4. The molecule has 2 heterocycles. The maximum atomic E-state index is 13.4. The van der Waals surface area contributed by atoms with Crippen molar-refractivity contribution in [2.75, 3.05) is 41.3 Å². The van der Waals surface area contributed by atoms with E-state index in [1.54, 1.807) is 53.4 Å². The van der Waals surface area contributed by atoms with Crippen LogP contribution in [-0.4, -0.2) is 51.5 Å². The van der Waals surface area contributed by atoms with Crippen molar-refractivity contribution in [1.29, 1.82) is 0 Å². The quantitative estimate of drug-likeness (QED) is 0.435. The number of likely N-dealkylation sites (N-methyl/N-ethyl adjacent to an activating group) is 1. The van der Waals surface area contributed by atoms with Crippen molar-refractivity contribution < 1.29 is 13.2 Å². The predicted molar refractivity (Wildman–Crippen MR) is 138 cm³/mol. The molecular formula is C26H25N5O3S. The van der Waals surface area contributed by atoms with Crippen molar-refractivity contribution in [3.63, 3.8) is 0 Å². The summed E-state index contributed by atoms with van der Waals surface area (Å²) in [5, 5.41) is 0. The SMILES string of the molecule is Cc1ccc(S(=O)(=O)N(C)c2ccc(C(=O)N3CCN(C)c4nc5ccccc5nc43)cc2)cc1. The number of aromatic nitrogens is 2. The number of carbonyl (C=O) groups is 1. The highest BCUT2D eigenvalue weighted by molar-refractivity contribution is 7.92. The topological polar surface area (TPSA) is 86.7 Å². The second-order valence-corrected chi connectivity index (χ2v) is 10.5. The van der Waals surface area contributed by atoms with Crippen LogP contribution in [0.15, 0.2) is 77.7 Å². The molecule has 0 spiro atoms. The molecule has 0 aliphatic carbocycles. The fourth-order valence-corrected chi connectivity index (χ4v) is 5.25. The third kappa shape index (κ3) is 4.08. The molecule has 0 radical (unpaired) electrons. The lowest BCUT2D eigenvalue weighted by molar-refractivity contribution is 0.0986. The van der Waals surface area contributed by atoms with E-state index in [1.807, 2.05) is 43.1 Å². The second-order valence-electron chi connectivity index (χ2n) is 8.57. The molecule has 1 aliphatic rings. The van der Waals surface area contributed by atoms with E-state index in [9.17, 15) is 13.2 Å². The lowest BCUT2D eigenvalue weighted by atomic mass is 10.1. The van der Waals surface area contributed by atoms with Gasteiger partial charge in [-0.25, -0.2) is 18.4 Å². The minimum atomic E-state index is -3.72. The van der Waals surface area contributed by atoms with Crippen LogP contribution in [0, 0.1) is 6.92 Å². The van der Waals surface area contributed by atoms with E-state index < -0.39 is 10.0 Å². The van der Waals surface area contributed by atoms with Crippen LogP contribution < -0.4 is 14.1 Å². The molecule has 0 unspecified atom stereocenters. The molecule has 3 aromatic carbocycles. The summed E-state index contributed by atoms with van der Waals surface area (Å²) < 4.78 is 27.2. The van der Waals surface area contributed by atoms with E-state index in [0.717, 1.165) is 16.6 Å². The molecule has 1 aliphatic heterocycles. The van der Waals surface area contributed by atoms with Gasteiger partial charge in [0.1, 0.15) is 0 Å². The van der Waals surface area contributed by atoms with Crippen molar-refractivity contribution in [1.82, 2.24) is 9.97 Å². The molecule has 0 fully saturated rings. The highest BCUT2D eigenvalue weighted by Gasteiger charge is 2.29. The van der Waals surface area contributed by atoms with Gasteiger partial charge in [-0.3, -0.25) is 14.0 Å². The summed E-state index contributed by atoms with van der Waals surface area (Å²) in [4.78, 5) is 26.7. The number of carbonyl (C=O) groups excluding carboxylic acids is 1. The van der Waals surface area contributed by atoms with Crippen LogP contribution in [0.1, 0.15) is 15.9 Å². The van der Waals surface area contributed by atoms with Crippen LogP contribution in [0.5, 0.6) is 0 Å². The number of rotatable bonds is 4. The first-order chi connectivity index (χ1) is 16.8.